The maximum absolute atomic E-state index is 8.91. The Kier molecular flexibility index (Phi) is 3.76. The van der Waals surface area contributed by atoms with Crippen LogP contribution in [-0.2, 0) is 9.47 Å². The summed E-state index contributed by atoms with van der Waals surface area (Å²) in [5.74, 6) is 0. The quantitative estimate of drug-likeness (QED) is 0.832. The standard InChI is InChI=1S/C12H14N2O2/c13-7-10-3-1-2-4-12(10)14-8-11-9-15-5-6-16-11/h1-4,11,14H,5-6,8-9H2. The second kappa shape index (κ2) is 5.50. The molecule has 1 aromatic carbocycles. The molecule has 1 saturated heterocycles. The molecule has 1 heterocycles. The van der Waals surface area contributed by atoms with Crippen molar-refractivity contribution >= 4 is 5.69 Å². The molecule has 0 amide bonds. The summed E-state index contributed by atoms with van der Waals surface area (Å²) < 4.78 is 10.8. The first-order valence-corrected chi connectivity index (χ1v) is 5.32. The third-order valence-corrected chi connectivity index (χ3v) is 2.45. The summed E-state index contributed by atoms with van der Waals surface area (Å²) >= 11 is 0. The van der Waals surface area contributed by atoms with E-state index in [1.165, 1.54) is 0 Å². The van der Waals surface area contributed by atoms with E-state index in [0.717, 1.165) is 5.69 Å². The lowest BCUT2D eigenvalue weighted by molar-refractivity contribution is -0.0818. The number of hydrogen-bond acceptors (Lipinski definition) is 4. The molecular weight excluding hydrogens is 204 g/mol. The number of anilines is 1. The number of nitriles is 1. The van der Waals surface area contributed by atoms with Crippen LogP contribution in [-0.4, -0.2) is 32.5 Å². The van der Waals surface area contributed by atoms with Crippen molar-refractivity contribution in [3.8, 4) is 6.07 Å². The van der Waals surface area contributed by atoms with Crippen LogP contribution in [0.4, 0.5) is 5.69 Å². The van der Waals surface area contributed by atoms with Crippen molar-refractivity contribution in [3.63, 3.8) is 0 Å². The highest BCUT2D eigenvalue weighted by atomic mass is 16.6. The predicted molar refractivity (Wildman–Crippen MR) is 60.2 cm³/mol. The zero-order chi connectivity index (χ0) is 11.2. The highest BCUT2D eigenvalue weighted by molar-refractivity contribution is 5.57. The number of nitrogens with zero attached hydrogens (tertiary/aromatic N) is 1. The molecule has 0 radical (unpaired) electrons. The summed E-state index contributed by atoms with van der Waals surface area (Å²) in [5, 5.41) is 12.1. The Balaban J connectivity index is 1.91. The number of para-hydroxylation sites is 1. The van der Waals surface area contributed by atoms with Crippen LogP contribution in [0.2, 0.25) is 0 Å². The van der Waals surface area contributed by atoms with Gasteiger partial charge >= 0.3 is 0 Å². The van der Waals surface area contributed by atoms with Crippen molar-refractivity contribution in [1.29, 1.82) is 5.26 Å². The predicted octanol–water partition coefficient (Wildman–Crippen LogP) is 1.39. The van der Waals surface area contributed by atoms with Gasteiger partial charge in [-0.15, -0.1) is 0 Å². The van der Waals surface area contributed by atoms with Gasteiger partial charge in [-0.05, 0) is 12.1 Å². The summed E-state index contributed by atoms with van der Waals surface area (Å²) in [7, 11) is 0. The van der Waals surface area contributed by atoms with Gasteiger partial charge in [0.05, 0.1) is 37.2 Å². The van der Waals surface area contributed by atoms with Crippen LogP contribution in [0.3, 0.4) is 0 Å². The third-order valence-electron chi connectivity index (χ3n) is 2.45. The van der Waals surface area contributed by atoms with Crippen molar-refractivity contribution in [2.75, 3.05) is 31.7 Å². The van der Waals surface area contributed by atoms with Gasteiger partial charge in [0.15, 0.2) is 0 Å². The van der Waals surface area contributed by atoms with E-state index in [1.807, 2.05) is 18.2 Å². The molecule has 1 atom stereocenters. The smallest absolute Gasteiger partial charge is 0.101 e. The second-order valence-electron chi connectivity index (χ2n) is 3.61. The van der Waals surface area contributed by atoms with Gasteiger partial charge in [-0.2, -0.15) is 5.26 Å². The van der Waals surface area contributed by atoms with Crippen LogP contribution < -0.4 is 5.32 Å². The molecule has 1 aliphatic heterocycles. The van der Waals surface area contributed by atoms with E-state index >= 15 is 0 Å². The van der Waals surface area contributed by atoms with Crippen molar-refractivity contribution < 1.29 is 9.47 Å². The maximum Gasteiger partial charge on any atom is 0.101 e. The lowest BCUT2D eigenvalue weighted by Gasteiger charge is -2.23. The highest BCUT2D eigenvalue weighted by Gasteiger charge is 2.14. The summed E-state index contributed by atoms with van der Waals surface area (Å²) in [5.41, 5.74) is 1.50. The minimum absolute atomic E-state index is 0.0699. The fourth-order valence-corrected chi connectivity index (χ4v) is 1.61. The summed E-state index contributed by atoms with van der Waals surface area (Å²) in [6, 6.07) is 9.59. The molecule has 1 unspecified atom stereocenters. The average molecular weight is 218 g/mol. The topological polar surface area (TPSA) is 54.3 Å². The molecule has 1 aliphatic rings. The molecule has 4 nitrogen and oxygen atoms in total. The molecule has 0 aliphatic carbocycles. The van der Waals surface area contributed by atoms with Crippen LogP contribution in [0, 0.1) is 11.3 Å². The summed E-state index contributed by atoms with van der Waals surface area (Å²) in [6.07, 6.45) is 0.0699. The minimum atomic E-state index is 0.0699. The van der Waals surface area contributed by atoms with E-state index in [0.29, 0.717) is 31.9 Å². The van der Waals surface area contributed by atoms with Gasteiger partial charge in [0, 0.05) is 6.54 Å². The zero-order valence-electron chi connectivity index (χ0n) is 8.98. The Morgan fingerprint density at radius 1 is 1.38 bits per heavy atom. The molecule has 0 bridgehead atoms. The molecule has 2 rings (SSSR count). The molecule has 16 heavy (non-hydrogen) atoms. The van der Waals surface area contributed by atoms with Crippen molar-refractivity contribution in [2.24, 2.45) is 0 Å². The van der Waals surface area contributed by atoms with Gasteiger partial charge in [-0.25, -0.2) is 0 Å². The van der Waals surface area contributed by atoms with Gasteiger partial charge in [-0.1, -0.05) is 12.1 Å². The normalized spacial score (nSPS) is 20.1. The van der Waals surface area contributed by atoms with Gasteiger partial charge in [0.2, 0.25) is 0 Å². The monoisotopic (exact) mass is 218 g/mol. The maximum atomic E-state index is 8.91. The largest absolute Gasteiger partial charge is 0.381 e. The Morgan fingerprint density at radius 3 is 3.00 bits per heavy atom. The van der Waals surface area contributed by atoms with Crippen LogP contribution in [0.15, 0.2) is 24.3 Å². The van der Waals surface area contributed by atoms with Crippen molar-refractivity contribution in [3.05, 3.63) is 29.8 Å². The summed E-state index contributed by atoms with van der Waals surface area (Å²) in [4.78, 5) is 0. The molecule has 1 aromatic rings. The number of hydrogen-bond donors (Lipinski definition) is 1. The third kappa shape index (κ3) is 2.72. The van der Waals surface area contributed by atoms with E-state index in [4.69, 9.17) is 14.7 Å². The molecule has 0 spiro atoms. The molecule has 1 fully saturated rings. The van der Waals surface area contributed by atoms with E-state index < -0.39 is 0 Å². The Morgan fingerprint density at radius 2 is 2.25 bits per heavy atom. The summed E-state index contributed by atoms with van der Waals surface area (Å²) in [6.45, 7) is 2.60. The highest BCUT2D eigenvalue weighted by Crippen LogP contribution is 2.14. The first-order chi connectivity index (χ1) is 7.90. The van der Waals surface area contributed by atoms with Crippen LogP contribution in [0.25, 0.3) is 0 Å². The first kappa shape index (κ1) is 10.9. The molecule has 4 heteroatoms. The second-order valence-corrected chi connectivity index (χ2v) is 3.61. The molecule has 84 valence electrons. The van der Waals surface area contributed by atoms with Gasteiger partial charge in [-0.3, -0.25) is 0 Å². The van der Waals surface area contributed by atoms with Crippen LogP contribution >= 0.6 is 0 Å². The van der Waals surface area contributed by atoms with E-state index in [-0.39, 0.29) is 6.10 Å². The molecule has 1 N–H and O–H groups in total. The van der Waals surface area contributed by atoms with Gasteiger partial charge in [0.1, 0.15) is 6.07 Å². The molecular formula is C12H14N2O2. The number of benzene rings is 1. The molecule has 0 aromatic heterocycles. The zero-order valence-corrected chi connectivity index (χ0v) is 8.98. The molecule has 0 saturated carbocycles. The lowest BCUT2D eigenvalue weighted by atomic mass is 10.2. The number of nitrogens with one attached hydrogen (secondary N) is 1. The van der Waals surface area contributed by atoms with E-state index in [2.05, 4.69) is 11.4 Å². The van der Waals surface area contributed by atoms with Crippen LogP contribution in [0.5, 0.6) is 0 Å². The SMILES string of the molecule is N#Cc1ccccc1NCC1COCCO1. The Hall–Kier alpha value is -1.57. The Labute approximate surface area is 94.8 Å². The van der Waals surface area contributed by atoms with Gasteiger partial charge < -0.3 is 14.8 Å². The van der Waals surface area contributed by atoms with E-state index in [9.17, 15) is 0 Å². The van der Waals surface area contributed by atoms with Gasteiger partial charge in [0.25, 0.3) is 0 Å². The Bertz CT molecular complexity index is 381. The average Bonchev–Trinajstić information content (AvgIpc) is 2.38. The van der Waals surface area contributed by atoms with E-state index in [1.54, 1.807) is 6.07 Å². The number of rotatable bonds is 3. The number of ether oxygens (including phenoxy) is 2. The van der Waals surface area contributed by atoms with Crippen molar-refractivity contribution in [2.45, 2.75) is 6.10 Å². The minimum Gasteiger partial charge on any atom is -0.381 e. The first-order valence-electron chi connectivity index (χ1n) is 5.32. The fourth-order valence-electron chi connectivity index (χ4n) is 1.61. The van der Waals surface area contributed by atoms with Crippen molar-refractivity contribution in [1.82, 2.24) is 0 Å². The fraction of sp³-hybridized carbons (Fsp3) is 0.417. The van der Waals surface area contributed by atoms with Crippen LogP contribution in [0.1, 0.15) is 5.56 Å². The lowest BCUT2D eigenvalue weighted by Crippen LogP contribution is -2.34.